The van der Waals surface area contributed by atoms with E-state index < -0.39 is 23.7 Å². The van der Waals surface area contributed by atoms with Gasteiger partial charge < -0.3 is 4.90 Å². The fourth-order valence-corrected chi connectivity index (χ4v) is 4.71. The second-order valence-electron chi connectivity index (χ2n) is 8.76. The highest BCUT2D eigenvalue weighted by atomic mass is 127. The van der Waals surface area contributed by atoms with Gasteiger partial charge in [0.05, 0.1) is 11.4 Å². The molecule has 4 aromatic rings. The summed E-state index contributed by atoms with van der Waals surface area (Å²) in [4.78, 5) is 29.6. The van der Waals surface area contributed by atoms with Crippen LogP contribution in [0, 0.1) is 3.57 Å². The predicted molar refractivity (Wildman–Crippen MR) is 138 cm³/mol. The summed E-state index contributed by atoms with van der Waals surface area (Å²) in [5.74, 6) is -0.849. The molecular formula is C26H20F3IN4O2. The summed E-state index contributed by atoms with van der Waals surface area (Å²) in [7, 11) is 3.70. The van der Waals surface area contributed by atoms with Crippen LogP contribution in [0.1, 0.15) is 26.4 Å². The van der Waals surface area contributed by atoms with E-state index in [4.69, 9.17) is 0 Å². The Hall–Kier alpha value is -3.25. The minimum Gasteiger partial charge on any atom is -0.308 e. The number of hydrogen-bond donors (Lipinski definition) is 0. The second-order valence-corrected chi connectivity index (χ2v) is 10.0. The number of carbonyl (C=O) groups is 2. The first kappa shape index (κ1) is 24.4. The number of amides is 2. The van der Waals surface area contributed by atoms with Gasteiger partial charge >= 0.3 is 6.18 Å². The lowest BCUT2D eigenvalue weighted by Crippen LogP contribution is -2.43. The Morgan fingerprint density at radius 1 is 0.944 bits per heavy atom. The van der Waals surface area contributed by atoms with Gasteiger partial charge in [0.15, 0.2) is 5.69 Å². The largest absolute Gasteiger partial charge is 0.435 e. The topological polar surface area (TPSA) is 58.4 Å². The molecule has 36 heavy (non-hydrogen) atoms. The molecule has 0 unspecified atom stereocenters. The third-order valence-electron chi connectivity index (χ3n) is 6.11. The van der Waals surface area contributed by atoms with Gasteiger partial charge in [0.25, 0.3) is 11.8 Å². The second kappa shape index (κ2) is 9.00. The Kier molecular flexibility index (Phi) is 6.11. The van der Waals surface area contributed by atoms with E-state index in [1.165, 1.54) is 9.58 Å². The molecule has 5 rings (SSSR count). The maximum Gasteiger partial charge on any atom is 0.435 e. The van der Waals surface area contributed by atoms with Gasteiger partial charge in [0.2, 0.25) is 0 Å². The summed E-state index contributed by atoms with van der Waals surface area (Å²) in [6.45, 7) is 0.737. The molecule has 0 radical (unpaired) electrons. The zero-order valence-corrected chi connectivity index (χ0v) is 21.5. The Morgan fingerprint density at radius 3 is 2.25 bits per heavy atom. The normalized spacial score (nSPS) is 13.8. The smallest absolute Gasteiger partial charge is 0.308 e. The zero-order chi connectivity index (χ0) is 25.8. The molecule has 0 saturated heterocycles. The number of imide groups is 1. The van der Waals surface area contributed by atoms with Crippen LogP contribution in [-0.2, 0) is 6.18 Å². The first-order valence-corrected chi connectivity index (χ1v) is 12.1. The van der Waals surface area contributed by atoms with E-state index in [9.17, 15) is 22.8 Å². The minimum atomic E-state index is -4.64. The van der Waals surface area contributed by atoms with Gasteiger partial charge in [0.1, 0.15) is 0 Å². The first-order valence-electron chi connectivity index (χ1n) is 11.1. The third-order valence-corrected chi connectivity index (χ3v) is 6.83. The summed E-state index contributed by atoms with van der Waals surface area (Å²) < 4.78 is 43.2. The number of nitrogens with zero attached hydrogens (tertiary/aromatic N) is 4. The van der Waals surface area contributed by atoms with Gasteiger partial charge in [0, 0.05) is 44.1 Å². The molecule has 0 spiro atoms. The minimum absolute atomic E-state index is 0.229. The van der Waals surface area contributed by atoms with E-state index in [0.717, 1.165) is 9.64 Å². The van der Waals surface area contributed by atoms with Crippen molar-refractivity contribution in [2.24, 2.45) is 0 Å². The molecule has 3 aromatic carbocycles. The lowest BCUT2D eigenvalue weighted by molar-refractivity contribution is -0.141. The lowest BCUT2D eigenvalue weighted by Gasteiger charge is -2.28. The molecule has 0 bridgehead atoms. The standard InChI is InChI=1S/C26H20F3IN4O2/c1-32(2)12-13-33-24(35)18-5-3-4-17-20(11-10-19(23(17)18)25(33)36)34-21(14-22(31-34)26(27,28)29)15-6-8-16(30)9-7-15/h3-11,14H,12-13H2,1-2H3. The Labute approximate surface area is 218 Å². The van der Waals surface area contributed by atoms with Crippen LogP contribution in [0.3, 0.4) is 0 Å². The van der Waals surface area contributed by atoms with Crippen molar-refractivity contribution in [3.63, 3.8) is 0 Å². The average Bonchev–Trinajstić information content (AvgIpc) is 3.28. The fraction of sp³-hybridized carbons (Fsp3) is 0.192. The SMILES string of the molecule is CN(C)CCN1C(=O)c2cccc3c(-n4nc(C(F)(F)F)cc4-c4ccc(I)cc4)ccc(c23)C1=O. The maximum atomic E-state index is 13.7. The zero-order valence-electron chi connectivity index (χ0n) is 19.3. The number of carbonyl (C=O) groups excluding carboxylic acids is 2. The molecular weight excluding hydrogens is 584 g/mol. The van der Waals surface area contributed by atoms with Gasteiger partial charge in [-0.2, -0.15) is 18.3 Å². The summed E-state index contributed by atoms with van der Waals surface area (Å²) in [6.07, 6.45) is -4.64. The fourth-order valence-electron chi connectivity index (χ4n) is 4.35. The lowest BCUT2D eigenvalue weighted by atomic mass is 9.93. The Bertz CT molecular complexity index is 1490. The van der Waals surface area contributed by atoms with Gasteiger partial charge in [-0.1, -0.05) is 24.3 Å². The van der Waals surface area contributed by atoms with Crippen LogP contribution in [0.25, 0.3) is 27.7 Å². The Balaban J connectivity index is 1.72. The molecule has 2 heterocycles. The van der Waals surface area contributed by atoms with Crippen molar-refractivity contribution in [2.45, 2.75) is 6.18 Å². The van der Waals surface area contributed by atoms with Crippen molar-refractivity contribution < 1.29 is 22.8 Å². The van der Waals surface area contributed by atoms with Crippen molar-refractivity contribution in [1.29, 1.82) is 0 Å². The monoisotopic (exact) mass is 604 g/mol. The van der Waals surface area contributed by atoms with Crippen LogP contribution < -0.4 is 0 Å². The quantitative estimate of drug-likeness (QED) is 0.224. The predicted octanol–water partition coefficient (Wildman–Crippen LogP) is 5.47. The summed E-state index contributed by atoms with van der Waals surface area (Å²) in [5, 5.41) is 4.80. The number of hydrogen-bond acceptors (Lipinski definition) is 4. The van der Waals surface area contributed by atoms with Crippen molar-refractivity contribution in [2.75, 3.05) is 27.2 Å². The van der Waals surface area contributed by atoms with Crippen LogP contribution in [0.15, 0.2) is 60.7 Å². The molecule has 1 aliphatic heterocycles. The molecule has 2 amide bonds. The molecule has 1 aliphatic rings. The van der Waals surface area contributed by atoms with E-state index in [1.807, 2.05) is 19.0 Å². The Morgan fingerprint density at radius 2 is 1.61 bits per heavy atom. The van der Waals surface area contributed by atoms with E-state index in [1.54, 1.807) is 54.6 Å². The van der Waals surface area contributed by atoms with Crippen LogP contribution >= 0.6 is 22.6 Å². The van der Waals surface area contributed by atoms with Crippen LogP contribution in [0.4, 0.5) is 13.2 Å². The van der Waals surface area contributed by atoms with E-state index >= 15 is 0 Å². The number of halogens is 4. The van der Waals surface area contributed by atoms with Crippen molar-refractivity contribution >= 4 is 45.2 Å². The molecule has 0 atom stereocenters. The summed E-state index contributed by atoms with van der Waals surface area (Å²) >= 11 is 2.13. The van der Waals surface area contributed by atoms with Crippen molar-refractivity contribution in [3.8, 4) is 16.9 Å². The molecule has 1 aromatic heterocycles. The van der Waals surface area contributed by atoms with Gasteiger partial charge in [-0.05, 0) is 73.1 Å². The maximum absolute atomic E-state index is 13.7. The van der Waals surface area contributed by atoms with Crippen LogP contribution in [-0.4, -0.2) is 58.6 Å². The molecule has 0 saturated carbocycles. The van der Waals surface area contributed by atoms with E-state index in [2.05, 4.69) is 27.7 Å². The molecule has 0 fully saturated rings. The van der Waals surface area contributed by atoms with E-state index in [0.29, 0.717) is 39.7 Å². The molecule has 0 aliphatic carbocycles. The molecule has 184 valence electrons. The van der Waals surface area contributed by atoms with E-state index in [-0.39, 0.29) is 12.2 Å². The molecule has 6 nitrogen and oxygen atoms in total. The van der Waals surface area contributed by atoms with Gasteiger partial charge in [-0.15, -0.1) is 0 Å². The molecule has 10 heteroatoms. The summed E-state index contributed by atoms with van der Waals surface area (Å²) in [5.41, 5.74) is 0.797. The number of alkyl halides is 3. The number of aromatic nitrogens is 2. The van der Waals surface area contributed by atoms with Crippen LogP contribution in [0.5, 0.6) is 0 Å². The highest BCUT2D eigenvalue weighted by molar-refractivity contribution is 14.1. The summed E-state index contributed by atoms with van der Waals surface area (Å²) in [6, 6.07) is 16.2. The number of rotatable bonds is 5. The number of likely N-dealkylation sites (N-methyl/N-ethyl adjacent to an activating group) is 1. The van der Waals surface area contributed by atoms with Crippen LogP contribution in [0.2, 0.25) is 0 Å². The highest BCUT2D eigenvalue weighted by Gasteiger charge is 2.37. The van der Waals surface area contributed by atoms with Crippen molar-refractivity contribution in [1.82, 2.24) is 19.6 Å². The van der Waals surface area contributed by atoms with Crippen molar-refractivity contribution in [3.05, 3.63) is 81.1 Å². The average molecular weight is 604 g/mol. The molecule has 0 N–H and O–H groups in total. The van der Waals surface area contributed by atoms with Gasteiger partial charge in [-0.3, -0.25) is 14.5 Å². The highest BCUT2D eigenvalue weighted by Crippen LogP contribution is 2.38. The third kappa shape index (κ3) is 4.17. The number of benzene rings is 3. The van der Waals surface area contributed by atoms with Gasteiger partial charge in [-0.25, -0.2) is 4.68 Å². The first-order chi connectivity index (χ1) is 17.1.